The van der Waals surface area contributed by atoms with Crippen LogP contribution in [0.1, 0.15) is 23.6 Å². The van der Waals surface area contributed by atoms with Crippen molar-refractivity contribution in [1.29, 1.82) is 0 Å². The molecule has 1 atom stereocenters. The first kappa shape index (κ1) is 22.3. The minimum atomic E-state index is -0.127. The number of aliphatic imine (C=N–C) groups is 1. The maximum absolute atomic E-state index is 13.0. The number of nitrogens with zero attached hydrogens (tertiary/aromatic N) is 3. The molecular formula is C27H27ClN4O2. The largest absolute Gasteiger partial charge is 0.454 e. The maximum atomic E-state index is 13.0. The Kier molecular flexibility index (Phi) is 5.92. The summed E-state index contributed by atoms with van der Waals surface area (Å²) in [5.41, 5.74) is 4.73. The fraction of sp³-hybridized carbons (Fsp3) is 0.259. The van der Waals surface area contributed by atoms with Crippen LogP contribution in [-0.2, 0) is 0 Å². The molecule has 3 aromatic rings. The van der Waals surface area contributed by atoms with Gasteiger partial charge in [-0.15, -0.1) is 0 Å². The van der Waals surface area contributed by atoms with Crippen LogP contribution < -0.4 is 10.1 Å². The van der Waals surface area contributed by atoms with Gasteiger partial charge in [0.05, 0.1) is 5.56 Å². The molecule has 0 spiro atoms. The summed E-state index contributed by atoms with van der Waals surface area (Å²) in [5, 5.41) is 3.55. The van der Waals surface area contributed by atoms with Crippen molar-refractivity contribution in [2.45, 2.75) is 26.8 Å². The summed E-state index contributed by atoms with van der Waals surface area (Å²) in [6, 6.07) is 19.3. The summed E-state index contributed by atoms with van der Waals surface area (Å²) in [6.07, 6.45) is 0. The molecule has 1 saturated heterocycles. The minimum Gasteiger partial charge on any atom is -0.454 e. The van der Waals surface area contributed by atoms with Gasteiger partial charge in [-0.1, -0.05) is 35.4 Å². The molecule has 2 amide bonds. The number of anilines is 1. The predicted molar refractivity (Wildman–Crippen MR) is 137 cm³/mol. The van der Waals surface area contributed by atoms with Gasteiger partial charge in [-0.05, 0) is 68.8 Å². The van der Waals surface area contributed by atoms with Crippen molar-refractivity contribution in [3.05, 3.63) is 82.4 Å². The average Bonchev–Trinajstić information content (AvgIpc) is 2.95. The molecule has 1 unspecified atom stereocenters. The van der Waals surface area contributed by atoms with Gasteiger partial charge in [0.25, 0.3) is 0 Å². The highest BCUT2D eigenvalue weighted by molar-refractivity contribution is 6.30. The summed E-state index contributed by atoms with van der Waals surface area (Å²) in [5.74, 6) is 2.43. The van der Waals surface area contributed by atoms with Gasteiger partial charge in [-0.3, -0.25) is 0 Å². The third-order valence-corrected chi connectivity index (χ3v) is 6.44. The zero-order valence-electron chi connectivity index (χ0n) is 19.5. The van der Waals surface area contributed by atoms with Gasteiger partial charge in [0.15, 0.2) is 5.75 Å². The zero-order chi connectivity index (χ0) is 23.8. The number of hydrogen-bond acceptors (Lipinski definition) is 4. The van der Waals surface area contributed by atoms with E-state index in [2.05, 4.69) is 36.2 Å². The molecule has 2 aliphatic rings. The Bertz CT molecular complexity index is 1290. The van der Waals surface area contributed by atoms with E-state index in [0.717, 1.165) is 39.7 Å². The van der Waals surface area contributed by atoms with Crippen molar-refractivity contribution < 1.29 is 9.53 Å². The van der Waals surface area contributed by atoms with E-state index in [1.54, 1.807) is 12.1 Å². The summed E-state index contributed by atoms with van der Waals surface area (Å²) >= 11 is 6.06. The molecule has 0 aromatic heterocycles. The van der Waals surface area contributed by atoms with Crippen LogP contribution in [0.25, 0.3) is 0 Å². The second kappa shape index (κ2) is 9.03. The number of rotatable bonds is 1. The smallest absolute Gasteiger partial charge is 0.322 e. The van der Waals surface area contributed by atoms with E-state index in [1.165, 1.54) is 0 Å². The first-order valence-corrected chi connectivity index (χ1v) is 11.8. The highest BCUT2D eigenvalue weighted by Gasteiger charge is 2.31. The fourth-order valence-corrected chi connectivity index (χ4v) is 4.64. The van der Waals surface area contributed by atoms with Crippen molar-refractivity contribution >= 4 is 34.8 Å². The summed E-state index contributed by atoms with van der Waals surface area (Å²) < 4.78 is 6.29. The number of aryl methyl sites for hydroxylation is 2. The van der Waals surface area contributed by atoms with Crippen LogP contribution in [0.2, 0.25) is 5.02 Å². The third kappa shape index (κ3) is 4.46. The Hall–Kier alpha value is -3.51. The summed E-state index contributed by atoms with van der Waals surface area (Å²) in [7, 11) is 0. The first-order chi connectivity index (χ1) is 16.4. The zero-order valence-corrected chi connectivity index (χ0v) is 20.3. The molecule has 1 fully saturated rings. The minimum absolute atomic E-state index is 0.00875. The number of ether oxygens (including phenoxy) is 1. The Labute approximate surface area is 204 Å². The van der Waals surface area contributed by atoms with Gasteiger partial charge in [0.1, 0.15) is 17.3 Å². The molecule has 2 heterocycles. The second-order valence-corrected chi connectivity index (χ2v) is 9.37. The highest BCUT2D eigenvalue weighted by Crippen LogP contribution is 2.39. The molecule has 1 N–H and O–H groups in total. The van der Waals surface area contributed by atoms with E-state index in [9.17, 15) is 4.79 Å². The number of amides is 2. The van der Waals surface area contributed by atoms with Crippen molar-refractivity contribution in [3.8, 4) is 11.5 Å². The number of piperazine rings is 1. The molecule has 6 nitrogen and oxygen atoms in total. The maximum Gasteiger partial charge on any atom is 0.322 e. The molecule has 5 rings (SSSR count). The Morgan fingerprint density at radius 3 is 2.62 bits per heavy atom. The van der Waals surface area contributed by atoms with Crippen molar-refractivity contribution in [3.63, 3.8) is 0 Å². The third-order valence-electron chi connectivity index (χ3n) is 6.20. The number of nitrogens with one attached hydrogen (secondary N) is 1. The SMILES string of the molecule is Cc1ccc2c(c1)Oc1ccc(C)cc1C(N1CCN(C(=O)Nc3cccc(Cl)c3)C(C)C1)=N2. The molecule has 2 aliphatic heterocycles. The van der Waals surface area contributed by atoms with Gasteiger partial charge in [0, 0.05) is 36.4 Å². The molecule has 0 aliphatic carbocycles. The Morgan fingerprint density at radius 2 is 1.82 bits per heavy atom. The predicted octanol–water partition coefficient (Wildman–Crippen LogP) is 6.38. The quantitative estimate of drug-likeness (QED) is 0.445. The van der Waals surface area contributed by atoms with E-state index < -0.39 is 0 Å². The average molecular weight is 475 g/mol. The monoisotopic (exact) mass is 474 g/mol. The molecule has 0 saturated carbocycles. The Balaban J connectivity index is 1.41. The fourth-order valence-electron chi connectivity index (χ4n) is 4.45. The second-order valence-electron chi connectivity index (χ2n) is 8.94. The van der Waals surface area contributed by atoms with Gasteiger partial charge in [0.2, 0.25) is 0 Å². The van der Waals surface area contributed by atoms with Gasteiger partial charge < -0.3 is 19.9 Å². The number of benzene rings is 3. The molecule has 3 aromatic carbocycles. The molecular weight excluding hydrogens is 448 g/mol. The lowest BCUT2D eigenvalue weighted by Gasteiger charge is -2.41. The number of carbonyl (C=O) groups is 1. The van der Waals surface area contributed by atoms with E-state index in [1.807, 2.05) is 48.2 Å². The van der Waals surface area contributed by atoms with Gasteiger partial charge in [-0.2, -0.15) is 0 Å². The lowest BCUT2D eigenvalue weighted by molar-refractivity contribution is 0.145. The number of amidine groups is 1. The van der Waals surface area contributed by atoms with Crippen LogP contribution in [-0.4, -0.2) is 47.3 Å². The van der Waals surface area contributed by atoms with Gasteiger partial charge in [-0.25, -0.2) is 9.79 Å². The number of hydrogen-bond donors (Lipinski definition) is 1. The van der Waals surface area contributed by atoms with E-state index in [4.69, 9.17) is 21.3 Å². The lowest BCUT2D eigenvalue weighted by Crippen LogP contribution is -2.56. The standard InChI is InChI=1S/C27H27ClN4O2/c1-17-8-10-24-22(13-17)26(30-23-9-7-18(2)14-25(23)34-24)31-11-12-32(19(3)16-31)27(33)29-21-6-4-5-20(28)15-21/h4-10,13-15,19H,11-12,16H2,1-3H3,(H,29,33). The van der Waals surface area contributed by atoms with Crippen LogP contribution in [0.5, 0.6) is 11.5 Å². The number of fused-ring (bicyclic) bond motifs is 2. The van der Waals surface area contributed by atoms with Crippen LogP contribution in [0.15, 0.2) is 65.7 Å². The van der Waals surface area contributed by atoms with Crippen LogP contribution in [0, 0.1) is 13.8 Å². The van der Waals surface area contributed by atoms with Gasteiger partial charge >= 0.3 is 6.03 Å². The highest BCUT2D eigenvalue weighted by atomic mass is 35.5. The van der Waals surface area contributed by atoms with E-state index in [-0.39, 0.29) is 12.1 Å². The number of carbonyl (C=O) groups excluding carboxylic acids is 1. The van der Waals surface area contributed by atoms with Crippen LogP contribution in [0.3, 0.4) is 0 Å². The number of halogens is 1. The van der Waals surface area contributed by atoms with Crippen LogP contribution in [0.4, 0.5) is 16.2 Å². The van der Waals surface area contributed by atoms with E-state index >= 15 is 0 Å². The van der Waals surface area contributed by atoms with Crippen molar-refractivity contribution in [1.82, 2.24) is 9.80 Å². The first-order valence-electron chi connectivity index (χ1n) is 11.4. The van der Waals surface area contributed by atoms with E-state index in [0.29, 0.717) is 30.3 Å². The molecule has 174 valence electrons. The summed E-state index contributed by atoms with van der Waals surface area (Å²) in [6.45, 7) is 8.09. The molecule has 34 heavy (non-hydrogen) atoms. The molecule has 7 heteroatoms. The lowest BCUT2D eigenvalue weighted by atomic mass is 10.1. The van der Waals surface area contributed by atoms with Crippen molar-refractivity contribution in [2.75, 3.05) is 25.0 Å². The Morgan fingerprint density at radius 1 is 1.03 bits per heavy atom. The van der Waals surface area contributed by atoms with Crippen molar-refractivity contribution in [2.24, 2.45) is 4.99 Å². The molecule has 0 bridgehead atoms. The topological polar surface area (TPSA) is 57.2 Å². The van der Waals surface area contributed by atoms with Crippen LogP contribution >= 0.6 is 11.6 Å². The molecule has 0 radical (unpaired) electrons. The number of urea groups is 1. The normalized spacial score (nSPS) is 17.2. The summed E-state index contributed by atoms with van der Waals surface area (Å²) in [4.78, 5) is 22.1.